The third-order valence-corrected chi connectivity index (χ3v) is 4.75. The van der Waals surface area contributed by atoms with Crippen LogP contribution >= 0.6 is 0 Å². The van der Waals surface area contributed by atoms with Crippen LogP contribution < -0.4 is 14.2 Å². The van der Waals surface area contributed by atoms with Crippen LogP contribution in [0.1, 0.15) is 11.1 Å². The molecule has 1 N–H and O–H groups in total. The van der Waals surface area contributed by atoms with E-state index in [0.29, 0.717) is 11.5 Å². The van der Waals surface area contributed by atoms with Crippen LogP contribution in [0.5, 0.6) is 11.5 Å². The lowest BCUT2D eigenvalue weighted by atomic mass is 10.2. The molecule has 0 fully saturated rings. The summed E-state index contributed by atoms with van der Waals surface area (Å²) >= 11 is 0. The molecule has 0 amide bonds. The molecule has 0 unspecified atom stereocenters. The first-order valence-corrected chi connectivity index (χ1v) is 8.17. The minimum Gasteiger partial charge on any atom is -0.454 e. The Morgan fingerprint density at radius 2 is 1.82 bits per heavy atom. The Morgan fingerprint density at radius 1 is 1.09 bits per heavy atom. The monoisotopic (exact) mass is 317 g/mol. The van der Waals surface area contributed by atoms with Gasteiger partial charge in [-0.3, -0.25) is 0 Å². The molecule has 2 aromatic rings. The Kier molecular flexibility index (Phi) is 3.87. The molecular formula is C16H15NO4S. The van der Waals surface area contributed by atoms with Crippen LogP contribution in [0.4, 0.5) is 0 Å². The van der Waals surface area contributed by atoms with E-state index in [2.05, 4.69) is 11.3 Å². The number of rotatable bonds is 5. The lowest BCUT2D eigenvalue weighted by Gasteiger charge is -2.08. The fraction of sp³-hybridized carbons (Fsp3) is 0.125. The molecule has 0 spiro atoms. The van der Waals surface area contributed by atoms with Crippen LogP contribution in [0, 0.1) is 0 Å². The highest BCUT2D eigenvalue weighted by molar-refractivity contribution is 7.89. The second kappa shape index (κ2) is 5.82. The van der Waals surface area contributed by atoms with Gasteiger partial charge in [-0.15, -0.1) is 0 Å². The normalized spacial score (nSPS) is 13.1. The van der Waals surface area contributed by atoms with Gasteiger partial charge in [0, 0.05) is 6.54 Å². The summed E-state index contributed by atoms with van der Waals surface area (Å²) in [4.78, 5) is 0.221. The van der Waals surface area contributed by atoms with Gasteiger partial charge in [-0.05, 0) is 35.4 Å². The Hall–Kier alpha value is -2.31. The van der Waals surface area contributed by atoms with Gasteiger partial charge in [-0.25, -0.2) is 13.1 Å². The highest BCUT2D eigenvalue weighted by Crippen LogP contribution is 2.32. The number of sulfonamides is 1. The van der Waals surface area contributed by atoms with Gasteiger partial charge < -0.3 is 9.47 Å². The van der Waals surface area contributed by atoms with Gasteiger partial charge in [0.1, 0.15) is 0 Å². The molecule has 3 rings (SSSR count). The summed E-state index contributed by atoms with van der Waals surface area (Å²) in [5, 5.41) is 0. The number of hydrogen-bond donors (Lipinski definition) is 1. The van der Waals surface area contributed by atoms with Gasteiger partial charge >= 0.3 is 0 Å². The van der Waals surface area contributed by atoms with Crippen LogP contribution in [0.2, 0.25) is 0 Å². The summed E-state index contributed by atoms with van der Waals surface area (Å²) in [7, 11) is -3.55. The van der Waals surface area contributed by atoms with Crippen molar-refractivity contribution < 1.29 is 17.9 Å². The van der Waals surface area contributed by atoms with Gasteiger partial charge in [-0.2, -0.15) is 0 Å². The van der Waals surface area contributed by atoms with E-state index >= 15 is 0 Å². The van der Waals surface area contributed by atoms with E-state index in [1.165, 1.54) is 0 Å². The summed E-state index contributed by atoms with van der Waals surface area (Å²) in [5.41, 5.74) is 1.67. The second-order valence-corrected chi connectivity index (χ2v) is 6.55. The van der Waals surface area contributed by atoms with Crippen LogP contribution in [0.3, 0.4) is 0 Å². The topological polar surface area (TPSA) is 64.6 Å². The Morgan fingerprint density at radius 3 is 2.55 bits per heavy atom. The molecule has 0 radical (unpaired) electrons. The van der Waals surface area contributed by atoms with Gasteiger partial charge in [0.05, 0.1) is 4.90 Å². The van der Waals surface area contributed by atoms with Crippen LogP contribution in [0.25, 0.3) is 6.08 Å². The van der Waals surface area contributed by atoms with E-state index in [0.717, 1.165) is 11.1 Å². The van der Waals surface area contributed by atoms with E-state index in [4.69, 9.17) is 9.47 Å². The van der Waals surface area contributed by atoms with Gasteiger partial charge in [0.15, 0.2) is 11.5 Å². The highest BCUT2D eigenvalue weighted by atomic mass is 32.2. The lowest BCUT2D eigenvalue weighted by Crippen LogP contribution is -2.23. The molecule has 5 nitrogen and oxygen atoms in total. The first kappa shape index (κ1) is 14.6. The Balaban J connectivity index is 1.72. The standard InChI is InChI=1S/C16H15NO4S/c1-2-12-3-6-14(7-4-12)22(18,19)17-10-13-5-8-15-16(9-13)21-11-20-15/h2-9,17H,1,10-11H2. The second-order valence-electron chi connectivity index (χ2n) is 4.79. The van der Waals surface area contributed by atoms with Crippen LogP contribution in [-0.2, 0) is 16.6 Å². The fourth-order valence-electron chi connectivity index (χ4n) is 2.10. The number of hydrogen-bond acceptors (Lipinski definition) is 4. The zero-order chi connectivity index (χ0) is 15.6. The summed E-state index contributed by atoms with van der Waals surface area (Å²) in [5.74, 6) is 1.30. The number of benzene rings is 2. The lowest BCUT2D eigenvalue weighted by molar-refractivity contribution is 0.174. The first-order valence-electron chi connectivity index (χ1n) is 6.69. The molecule has 22 heavy (non-hydrogen) atoms. The van der Waals surface area contributed by atoms with E-state index in [1.807, 2.05) is 0 Å². The minimum atomic E-state index is -3.55. The molecule has 1 aliphatic heterocycles. The van der Waals surface area contributed by atoms with Gasteiger partial charge in [0.25, 0.3) is 0 Å². The fourth-order valence-corrected chi connectivity index (χ4v) is 3.11. The zero-order valence-corrected chi connectivity index (χ0v) is 12.6. The quantitative estimate of drug-likeness (QED) is 0.920. The van der Waals surface area contributed by atoms with E-state index < -0.39 is 10.0 Å². The number of fused-ring (bicyclic) bond motifs is 1. The molecule has 0 bridgehead atoms. The highest BCUT2D eigenvalue weighted by Gasteiger charge is 2.16. The zero-order valence-electron chi connectivity index (χ0n) is 11.8. The van der Waals surface area contributed by atoms with E-state index in [9.17, 15) is 8.42 Å². The maximum atomic E-state index is 12.2. The van der Waals surface area contributed by atoms with Crippen molar-refractivity contribution in [3.8, 4) is 11.5 Å². The molecule has 0 atom stereocenters. The predicted molar refractivity (Wildman–Crippen MR) is 83.1 cm³/mol. The summed E-state index contributed by atoms with van der Waals surface area (Å²) in [6.07, 6.45) is 1.66. The van der Waals surface area contributed by atoms with Crippen molar-refractivity contribution in [2.75, 3.05) is 6.79 Å². The van der Waals surface area contributed by atoms with Crippen LogP contribution in [0.15, 0.2) is 53.9 Å². The molecule has 1 heterocycles. The first-order chi connectivity index (χ1) is 10.6. The summed E-state index contributed by atoms with van der Waals surface area (Å²) in [6.45, 7) is 4.02. The van der Waals surface area contributed by atoms with Gasteiger partial charge in [-0.1, -0.05) is 30.9 Å². The number of ether oxygens (including phenoxy) is 2. The largest absolute Gasteiger partial charge is 0.454 e. The number of nitrogens with one attached hydrogen (secondary N) is 1. The van der Waals surface area contributed by atoms with Crippen molar-refractivity contribution in [1.82, 2.24) is 4.72 Å². The molecule has 0 aromatic heterocycles. The maximum absolute atomic E-state index is 12.2. The van der Waals surface area contributed by atoms with Crippen molar-refractivity contribution in [2.24, 2.45) is 0 Å². The Bertz CT molecular complexity index is 797. The molecule has 2 aromatic carbocycles. The average Bonchev–Trinajstić information content (AvgIpc) is 3.01. The van der Waals surface area contributed by atoms with Crippen molar-refractivity contribution >= 4 is 16.1 Å². The molecule has 114 valence electrons. The molecule has 0 saturated heterocycles. The van der Waals surface area contributed by atoms with Crippen LogP contribution in [-0.4, -0.2) is 15.2 Å². The molecular weight excluding hydrogens is 302 g/mol. The van der Waals surface area contributed by atoms with Gasteiger partial charge in [0.2, 0.25) is 16.8 Å². The average molecular weight is 317 g/mol. The van der Waals surface area contributed by atoms with Crippen molar-refractivity contribution in [2.45, 2.75) is 11.4 Å². The maximum Gasteiger partial charge on any atom is 0.240 e. The summed E-state index contributed by atoms with van der Waals surface area (Å²) < 4.78 is 37.6. The molecule has 0 aliphatic carbocycles. The summed E-state index contributed by atoms with van der Waals surface area (Å²) in [6, 6.07) is 11.9. The smallest absolute Gasteiger partial charge is 0.240 e. The van der Waals surface area contributed by atoms with Crippen molar-refractivity contribution in [1.29, 1.82) is 0 Å². The SMILES string of the molecule is C=Cc1ccc(S(=O)(=O)NCc2ccc3c(c2)OCO3)cc1. The predicted octanol–water partition coefficient (Wildman–Crippen LogP) is 2.54. The molecule has 6 heteroatoms. The minimum absolute atomic E-state index is 0.183. The molecule has 0 saturated carbocycles. The third-order valence-electron chi connectivity index (χ3n) is 3.33. The van der Waals surface area contributed by atoms with Crippen molar-refractivity contribution in [3.05, 3.63) is 60.2 Å². The third kappa shape index (κ3) is 2.98. The van der Waals surface area contributed by atoms with E-state index in [-0.39, 0.29) is 18.2 Å². The van der Waals surface area contributed by atoms with E-state index in [1.54, 1.807) is 48.5 Å². The van der Waals surface area contributed by atoms with Crippen molar-refractivity contribution in [3.63, 3.8) is 0 Å². The Labute approximate surface area is 129 Å². The molecule has 1 aliphatic rings.